The van der Waals surface area contributed by atoms with Crippen LogP contribution in [0.25, 0.3) is 16.3 Å². The van der Waals surface area contributed by atoms with Gasteiger partial charge in [0.2, 0.25) is 0 Å². The summed E-state index contributed by atoms with van der Waals surface area (Å²) >= 11 is 1.42. The van der Waals surface area contributed by atoms with Crippen LogP contribution in [0, 0.1) is 0 Å². The Morgan fingerprint density at radius 2 is 1.90 bits per heavy atom. The van der Waals surface area contributed by atoms with Crippen molar-refractivity contribution in [3.63, 3.8) is 0 Å². The van der Waals surface area contributed by atoms with Gasteiger partial charge in [0, 0.05) is 42.3 Å². The first-order valence-electron chi connectivity index (χ1n) is 10.3. The van der Waals surface area contributed by atoms with Crippen LogP contribution in [-0.4, -0.2) is 66.8 Å². The maximum absolute atomic E-state index is 13.3. The molecule has 3 heterocycles. The van der Waals surface area contributed by atoms with Crippen molar-refractivity contribution in [1.82, 2.24) is 24.6 Å². The second kappa shape index (κ2) is 8.89. The van der Waals surface area contributed by atoms with E-state index in [1.54, 1.807) is 16.3 Å². The lowest BCUT2D eigenvalue weighted by molar-refractivity contribution is 0.0484. The minimum absolute atomic E-state index is 0.000131. The fraction of sp³-hybridized carbons (Fsp3) is 0.364. The van der Waals surface area contributed by atoms with E-state index in [2.05, 4.69) is 10.1 Å². The van der Waals surface area contributed by atoms with E-state index in [1.165, 1.54) is 16.2 Å². The molecule has 9 heteroatoms. The molecular formula is C22H25N5O3S. The Labute approximate surface area is 184 Å². The smallest absolute Gasteiger partial charge is 0.407 e. The highest BCUT2D eigenvalue weighted by atomic mass is 32.1. The maximum atomic E-state index is 13.3. The second-order valence-electron chi connectivity index (χ2n) is 7.85. The lowest BCUT2D eigenvalue weighted by atomic mass is 10.0. The normalized spacial score (nSPS) is 14.7. The Kier molecular flexibility index (Phi) is 6.03. The van der Waals surface area contributed by atoms with E-state index in [4.69, 9.17) is 0 Å². The second-order valence-corrected chi connectivity index (χ2v) is 8.71. The fourth-order valence-corrected chi connectivity index (χ4v) is 4.72. The minimum Gasteiger partial charge on any atom is -0.465 e. The van der Waals surface area contributed by atoms with Gasteiger partial charge in [0.1, 0.15) is 10.7 Å². The number of piperidine rings is 1. The van der Waals surface area contributed by atoms with Crippen LogP contribution in [0.5, 0.6) is 0 Å². The molecule has 8 nitrogen and oxygen atoms in total. The molecule has 0 unspecified atom stereocenters. The molecule has 162 valence electrons. The maximum Gasteiger partial charge on any atom is 0.407 e. The molecule has 31 heavy (non-hydrogen) atoms. The highest BCUT2D eigenvalue weighted by Gasteiger charge is 2.32. The third-order valence-corrected chi connectivity index (χ3v) is 6.38. The van der Waals surface area contributed by atoms with Gasteiger partial charge >= 0.3 is 6.09 Å². The van der Waals surface area contributed by atoms with Gasteiger partial charge < -0.3 is 14.9 Å². The molecule has 1 aliphatic heterocycles. The van der Waals surface area contributed by atoms with Crippen molar-refractivity contribution in [2.24, 2.45) is 0 Å². The number of amides is 2. The van der Waals surface area contributed by atoms with Crippen molar-refractivity contribution in [3.8, 4) is 16.3 Å². The number of likely N-dealkylation sites (tertiary alicyclic amines) is 1. The zero-order valence-corrected chi connectivity index (χ0v) is 18.3. The molecule has 3 aromatic rings. The molecule has 1 saturated heterocycles. The Morgan fingerprint density at radius 1 is 1.19 bits per heavy atom. The Balaban J connectivity index is 1.50. The predicted octanol–water partition coefficient (Wildman–Crippen LogP) is 3.99. The van der Waals surface area contributed by atoms with E-state index in [0.717, 1.165) is 16.3 Å². The van der Waals surface area contributed by atoms with Crippen molar-refractivity contribution in [1.29, 1.82) is 0 Å². The van der Waals surface area contributed by atoms with Crippen LogP contribution in [0.2, 0.25) is 0 Å². The van der Waals surface area contributed by atoms with E-state index in [0.29, 0.717) is 31.6 Å². The van der Waals surface area contributed by atoms with Crippen molar-refractivity contribution in [2.75, 3.05) is 13.1 Å². The number of carbonyl (C=O) groups excluding carboxylic acids is 1. The number of para-hydroxylation sites is 1. The zero-order valence-electron chi connectivity index (χ0n) is 17.5. The molecular weight excluding hydrogens is 414 g/mol. The number of thiazole rings is 1. The average Bonchev–Trinajstić information content (AvgIpc) is 3.44. The number of rotatable bonds is 5. The summed E-state index contributed by atoms with van der Waals surface area (Å²) < 4.78 is 1.79. The van der Waals surface area contributed by atoms with E-state index in [9.17, 15) is 14.7 Å². The first-order valence-corrected chi connectivity index (χ1v) is 11.2. The summed E-state index contributed by atoms with van der Waals surface area (Å²) in [6.45, 7) is 4.85. The molecule has 2 aromatic heterocycles. The van der Waals surface area contributed by atoms with Gasteiger partial charge in [0.15, 0.2) is 0 Å². The molecule has 0 spiro atoms. The Morgan fingerprint density at radius 3 is 2.55 bits per heavy atom. The van der Waals surface area contributed by atoms with E-state index in [1.807, 2.05) is 55.3 Å². The molecule has 0 radical (unpaired) electrons. The average molecular weight is 440 g/mol. The first-order chi connectivity index (χ1) is 14.9. The summed E-state index contributed by atoms with van der Waals surface area (Å²) in [7, 11) is 0. The minimum atomic E-state index is -0.902. The molecule has 2 amide bonds. The van der Waals surface area contributed by atoms with Crippen LogP contribution in [0.4, 0.5) is 4.79 Å². The highest BCUT2D eigenvalue weighted by molar-refractivity contribution is 7.13. The lowest BCUT2D eigenvalue weighted by Gasteiger charge is -2.39. The number of benzene rings is 1. The molecule has 0 saturated carbocycles. The Bertz CT molecular complexity index is 1050. The monoisotopic (exact) mass is 439 g/mol. The molecule has 1 fully saturated rings. The Hall–Kier alpha value is -3.20. The third-order valence-electron chi connectivity index (χ3n) is 5.49. The summed E-state index contributed by atoms with van der Waals surface area (Å²) in [5.74, 6) is -0.110. The predicted molar refractivity (Wildman–Crippen MR) is 119 cm³/mol. The first kappa shape index (κ1) is 21.0. The van der Waals surface area contributed by atoms with Crippen LogP contribution in [-0.2, 0) is 0 Å². The number of carboxylic acid groups (broad SMARTS) is 1. The lowest BCUT2D eigenvalue weighted by Crippen LogP contribution is -2.51. The number of carbonyl (C=O) groups is 2. The molecule has 0 atom stereocenters. The van der Waals surface area contributed by atoms with Gasteiger partial charge in [-0.05, 0) is 38.8 Å². The summed E-state index contributed by atoms with van der Waals surface area (Å²) in [6, 6.07) is 9.83. The SMILES string of the molecule is CC(C)N(C(=O)c1csc(-c2cnn(-c3ccccc3)c2)n1)C1CCN(C(=O)O)CC1. The third kappa shape index (κ3) is 4.46. The van der Waals surface area contributed by atoms with Crippen LogP contribution in [0.15, 0.2) is 48.1 Å². The van der Waals surface area contributed by atoms with Crippen molar-refractivity contribution in [2.45, 2.75) is 38.8 Å². The van der Waals surface area contributed by atoms with E-state index in [-0.39, 0.29) is 18.0 Å². The zero-order chi connectivity index (χ0) is 22.0. The van der Waals surface area contributed by atoms with Gasteiger partial charge in [-0.2, -0.15) is 5.10 Å². The van der Waals surface area contributed by atoms with Crippen LogP contribution >= 0.6 is 11.3 Å². The summed E-state index contributed by atoms with van der Waals surface area (Å²) in [4.78, 5) is 32.3. The van der Waals surface area contributed by atoms with Gasteiger partial charge in [-0.1, -0.05) is 18.2 Å². The highest BCUT2D eigenvalue weighted by Crippen LogP contribution is 2.27. The molecule has 4 rings (SSSR count). The standard InChI is InChI=1S/C22H25N5O3S/c1-15(2)27(18-8-10-25(11-9-18)22(29)30)21(28)19-14-31-20(24-19)16-12-23-26(13-16)17-6-4-3-5-7-17/h3-7,12-15,18H,8-11H2,1-2H3,(H,29,30). The quantitative estimate of drug-likeness (QED) is 0.649. The molecule has 1 aromatic carbocycles. The number of hydrogen-bond donors (Lipinski definition) is 1. The number of hydrogen-bond acceptors (Lipinski definition) is 5. The van der Waals surface area contributed by atoms with Gasteiger partial charge in [0.05, 0.1) is 11.9 Å². The van der Waals surface area contributed by atoms with E-state index < -0.39 is 6.09 Å². The molecule has 0 bridgehead atoms. The van der Waals surface area contributed by atoms with Crippen LogP contribution in [0.1, 0.15) is 37.2 Å². The molecule has 0 aliphatic carbocycles. The van der Waals surface area contributed by atoms with Crippen molar-refractivity contribution < 1.29 is 14.7 Å². The van der Waals surface area contributed by atoms with Crippen molar-refractivity contribution >= 4 is 23.3 Å². The van der Waals surface area contributed by atoms with Gasteiger partial charge in [0.25, 0.3) is 5.91 Å². The van der Waals surface area contributed by atoms with Crippen LogP contribution in [0.3, 0.4) is 0 Å². The van der Waals surface area contributed by atoms with Crippen molar-refractivity contribution in [3.05, 3.63) is 53.8 Å². The number of nitrogens with zero attached hydrogens (tertiary/aromatic N) is 5. The van der Waals surface area contributed by atoms with Gasteiger partial charge in [-0.15, -0.1) is 11.3 Å². The topological polar surface area (TPSA) is 91.6 Å². The van der Waals surface area contributed by atoms with Gasteiger partial charge in [-0.3, -0.25) is 4.79 Å². The number of aromatic nitrogens is 3. The summed E-state index contributed by atoms with van der Waals surface area (Å²) in [5.41, 5.74) is 2.24. The summed E-state index contributed by atoms with van der Waals surface area (Å²) in [5, 5.41) is 16.1. The largest absolute Gasteiger partial charge is 0.465 e. The van der Waals surface area contributed by atoms with Crippen LogP contribution < -0.4 is 0 Å². The van der Waals surface area contributed by atoms with E-state index >= 15 is 0 Å². The molecule has 1 aliphatic rings. The van der Waals surface area contributed by atoms with Gasteiger partial charge in [-0.25, -0.2) is 14.5 Å². The summed E-state index contributed by atoms with van der Waals surface area (Å²) in [6.07, 6.45) is 4.03. The fourth-order valence-electron chi connectivity index (χ4n) is 3.95. The molecule has 1 N–H and O–H groups in total.